The molecule has 0 unspecified atom stereocenters. The van der Waals surface area contributed by atoms with Crippen LogP contribution in [0.1, 0.15) is 25.0 Å². The molecule has 0 radical (unpaired) electrons. The third kappa shape index (κ3) is 5.39. The van der Waals surface area contributed by atoms with Gasteiger partial charge in [-0.3, -0.25) is 4.79 Å². The highest BCUT2D eigenvalue weighted by Gasteiger charge is 2.25. The van der Waals surface area contributed by atoms with E-state index in [1.54, 1.807) is 38.1 Å². The summed E-state index contributed by atoms with van der Waals surface area (Å²) in [7, 11) is 0. The fraction of sp³-hybridized carbons (Fsp3) is 0.208. The molecule has 0 saturated carbocycles. The second-order valence-electron chi connectivity index (χ2n) is 7.78. The number of carbonyl (C=O) groups is 1. The summed E-state index contributed by atoms with van der Waals surface area (Å²) >= 11 is 4.14. The van der Waals surface area contributed by atoms with Crippen LogP contribution in [0.15, 0.2) is 67.0 Å². The van der Waals surface area contributed by atoms with E-state index in [1.807, 2.05) is 13.8 Å². The Kier molecular flexibility index (Phi) is 6.45. The zero-order valence-corrected chi connectivity index (χ0v) is 18.9. The van der Waals surface area contributed by atoms with Crippen molar-refractivity contribution < 1.29 is 23.5 Å². The average Bonchev–Trinajstić information content (AvgIpc) is 2.66. The van der Waals surface area contributed by atoms with Crippen molar-refractivity contribution in [2.75, 3.05) is 0 Å². The summed E-state index contributed by atoms with van der Waals surface area (Å²) < 4.78 is 14.3. The van der Waals surface area contributed by atoms with Gasteiger partial charge >= 0.3 is 17.2 Å². The van der Waals surface area contributed by atoms with Crippen LogP contribution in [-0.4, -0.2) is 15.8 Å². The lowest BCUT2D eigenvalue weighted by atomic mass is 10.1. The lowest BCUT2D eigenvalue weighted by Crippen LogP contribution is -2.29. The maximum atomic E-state index is 11.7. The fourth-order valence-corrected chi connectivity index (χ4v) is 2.96. The first-order chi connectivity index (χ1) is 14.9. The van der Waals surface area contributed by atoms with Gasteiger partial charge in [-0.25, -0.2) is 9.59 Å². The summed E-state index contributed by atoms with van der Waals surface area (Å²) in [5.41, 5.74) is 1.67. The molecule has 166 valence electrons. The molecule has 0 aliphatic carbocycles. The highest BCUT2D eigenvalue weighted by Crippen LogP contribution is 2.24. The molecule has 0 bridgehead atoms. The van der Waals surface area contributed by atoms with E-state index in [9.17, 15) is 14.4 Å². The van der Waals surface area contributed by atoms with E-state index in [-0.39, 0.29) is 5.75 Å². The molecule has 0 atom stereocenters. The second-order valence-corrected chi connectivity index (χ2v) is 8.90. The molecule has 0 fully saturated rings. The van der Waals surface area contributed by atoms with Crippen LogP contribution in [0.25, 0.3) is 21.9 Å². The normalized spacial score (nSPS) is 11.2. The molecule has 8 heteroatoms. The number of benzene rings is 2. The second kappa shape index (κ2) is 8.92. The van der Waals surface area contributed by atoms with E-state index >= 15 is 0 Å². The Hall–Kier alpha value is -3.52. The first kappa shape index (κ1) is 23.1. The summed E-state index contributed by atoms with van der Waals surface area (Å²) in [6.07, 6.45) is 0. The highest BCUT2D eigenvalue weighted by molar-refractivity contribution is 7.82. The van der Waals surface area contributed by atoms with Gasteiger partial charge < -0.3 is 18.7 Å². The number of aryl methyl sites for hydroxylation is 2. The lowest BCUT2D eigenvalue weighted by Gasteiger charge is -2.15. The largest absolute Gasteiger partial charge is 0.508 e. The maximum absolute atomic E-state index is 11.7. The molecule has 2 heterocycles. The molecule has 0 saturated heterocycles. The van der Waals surface area contributed by atoms with Crippen LogP contribution in [0.5, 0.6) is 11.5 Å². The van der Waals surface area contributed by atoms with E-state index in [1.165, 1.54) is 24.3 Å². The third-order valence-electron chi connectivity index (χ3n) is 4.57. The molecule has 2 aromatic heterocycles. The molecule has 4 rings (SSSR count). The van der Waals surface area contributed by atoms with Crippen molar-refractivity contribution in [2.24, 2.45) is 0 Å². The minimum absolute atomic E-state index is 0.0984. The number of phenolic OH excluding ortho intramolecular Hbond substituents is 1. The lowest BCUT2D eigenvalue weighted by molar-refractivity contribution is -0.136. The fourth-order valence-electron chi connectivity index (χ4n) is 2.91. The number of rotatable bonds is 2. The van der Waals surface area contributed by atoms with Gasteiger partial charge in [0.2, 0.25) is 0 Å². The topological polar surface area (TPSA) is 107 Å². The maximum Gasteiger partial charge on any atom is 0.336 e. The SMILES string of the molecule is Cc1cc(=O)oc2cc(O)ccc12.Cc1cc(=O)oc2cc(OC(=O)C(C)(C)S)ccc12. The Morgan fingerprint density at radius 3 is 1.91 bits per heavy atom. The molecular formula is C24H22O7S. The van der Waals surface area contributed by atoms with Gasteiger partial charge in [-0.2, -0.15) is 12.6 Å². The van der Waals surface area contributed by atoms with Gasteiger partial charge in [0.25, 0.3) is 0 Å². The van der Waals surface area contributed by atoms with Gasteiger partial charge in [0.15, 0.2) is 0 Å². The van der Waals surface area contributed by atoms with Gasteiger partial charge in [0.1, 0.15) is 27.4 Å². The monoisotopic (exact) mass is 454 g/mol. The van der Waals surface area contributed by atoms with Crippen molar-refractivity contribution in [3.63, 3.8) is 0 Å². The first-order valence-corrected chi connectivity index (χ1v) is 10.1. The Balaban J connectivity index is 0.000000193. The quantitative estimate of drug-likeness (QED) is 0.198. The summed E-state index contributed by atoms with van der Waals surface area (Å²) in [6.45, 7) is 6.94. The van der Waals surface area contributed by atoms with Crippen LogP contribution in [0.2, 0.25) is 0 Å². The summed E-state index contributed by atoms with van der Waals surface area (Å²) in [5, 5.41) is 10.8. The van der Waals surface area contributed by atoms with Gasteiger partial charge in [0, 0.05) is 35.0 Å². The predicted octanol–water partition coefficient (Wildman–Crippen LogP) is 4.52. The molecule has 0 aliphatic rings. The van der Waals surface area contributed by atoms with Crippen molar-refractivity contribution in [3.8, 4) is 11.5 Å². The van der Waals surface area contributed by atoms with E-state index in [4.69, 9.17) is 18.7 Å². The number of fused-ring (bicyclic) bond motifs is 2. The Morgan fingerprint density at radius 1 is 0.875 bits per heavy atom. The Labute approximate surface area is 188 Å². The van der Waals surface area contributed by atoms with Crippen molar-refractivity contribution in [3.05, 3.63) is 80.5 Å². The molecule has 32 heavy (non-hydrogen) atoms. The number of esters is 1. The van der Waals surface area contributed by atoms with E-state index in [2.05, 4.69) is 12.6 Å². The van der Waals surface area contributed by atoms with Crippen molar-refractivity contribution in [1.82, 2.24) is 0 Å². The molecule has 0 aliphatic heterocycles. The zero-order chi connectivity index (χ0) is 23.6. The molecule has 7 nitrogen and oxygen atoms in total. The summed E-state index contributed by atoms with van der Waals surface area (Å²) in [6, 6.07) is 12.5. The summed E-state index contributed by atoms with van der Waals surface area (Å²) in [4.78, 5) is 34.0. The number of ether oxygens (including phenoxy) is 1. The number of hydrogen-bond acceptors (Lipinski definition) is 8. The molecular weight excluding hydrogens is 432 g/mol. The molecule has 4 aromatic rings. The number of thiol groups is 1. The Morgan fingerprint density at radius 2 is 1.38 bits per heavy atom. The number of hydrogen-bond donors (Lipinski definition) is 2. The Bertz CT molecular complexity index is 1420. The van der Waals surface area contributed by atoms with Crippen molar-refractivity contribution in [2.45, 2.75) is 32.4 Å². The van der Waals surface area contributed by atoms with Gasteiger partial charge in [0.05, 0.1) is 0 Å². The minimum atomic E-state index is -0.887. The van der Waals surface area contributed by atoms with Crippen LogP contribution >= 0.6 is 12.6 Å². The smallest absolute Gasteiger partial charge is 0.336 e. The summed E-state index contributed by atoms with van der Waals surface area (Å²) in [5.74, 6) is -0.0418. The number of phenols is 1. The van der Waals surface area contributed by atoms with Crippen molar-refractivity contribution >= 4 is 40.5 Å². The average molecular weight is 455 g/mol. The zero-order valence-electron chi connectivity index (χ0n) is 18.0. The van der Waals surface area contributed by atoms with Crippen LogP contribution in [-0.2, 0) is 4.79 Å². The van der Waals surface area contributed by atoms with Gasteiger partial charge in [-0.1, -0.05) is 0 Å². The predicted molar refractivity (Wildman–Crippen MR) is 125 cm³/mol. The molecule has 0 spiro atoms. The van der Waals surface area contributed by atoms with Crippen LogP contribution < -0.4 is 16.0 Å². The molecule has 0 amide bonds. The minimum Gasteiger partial charge on any atom is -0.508 e. The van der Waals surface area contributed by atoms with Gasteiger partial charge in [-0.15, -0.1) is 0 Å². The van der Waals surface area contributed by atoms with E-state index < -0.39 is 22.0 Å². The standard InChI is InChI=1S/C14H14O4S.C10H8O3/c1-8-6-12(15)18-11-7-9(4-5-10(8)11)17-13(16)14(2,3)19;1-6-4-10(12)13-9-5-7(11)2-3-8(6)9/h4-7,19H,1-3H3;2-5,11H,1H3. The van der Waals surface area contributed by atoms with Gasteiger partial charge in [-0.05, 0) is 63.1 Å². The number of carbonyl (C=O) groups excluding carboxylic acids is 1. The molecule has 2 aromatic carbocycles. The highest BCUT2D eigenvalue weighted by atomic mass is 32.1. The van der Waals surface area contributed by atoms with E-state index in [0.29, 0.717) is 16.9 Å². The van der Waals surface area contributed by atoms with Crippen LogP contribution in [0, 0.1) is 13.8 Å². The van der Waals surface area contributed by atoms with Crippen molar-refractivity contribution in [1.29, 1.82) is 0 Å². The van der Waals surface area contributed by atoms with E-state index in [0.717, 1.165) is 21.9 Å². The van der Waals surface area contributed by atoms with Crippen LogP contribution in [0.3, 0.4) is 0 Å². The first-order valence-electron chi connectivity index (χ1n) is 9.67. The third-order valence-corrected chi connectivity index (χ3v) is 4.75. The number of aromatic hydroxyl groups is 1. The molecule has 1 N–H and O–H groups in total. The van der Waals surface area contributed by atoms with Crippen LogP contribution in [0.4, 0.5) is 0 Å².